The summed E-state index contributed by atoms with van der Waals surface area (Å²) in [5, 5.41) is 3.33. The van der Waals surface area contributed by atoms with Crippen LogP contribution in [0.3, 0.4) is 0 Å². The minimum atomic E-state index is 0.191. The van der Waals surface area contributed by atoms with Crippen molar-refractivity contribution in [2.24, 2.45) is 0 Å². The van der Waals surface area contributed by atoms with Crippen LogP contribution in [0.2, 0.25) is 0 Å². The molecule has 0 fully saturated rings. The first kappa shape index (κ1) is 14.6. The first-order chi connectivity index (χ1) is 9.50. The third kappa shape index (κ3) is 3.60. The van der Waals surface area contributed by atoms with Crippen LogP contribution < -0.4 is 5.32 Å². The van der Waals surface area contributed by atoms with Crippen molar-refractivity contribution in [3.8, 4) is 11.3 Å². The lowest BCUT2D eigenvalue weighted by Crippen LogP contribution is -2.10. The summed E-state index contributed by atoms with van der Waals surface area (Å²) in [4.78, 5) is 4.66. The number of hydrogen-bond donors (Lipinski definition) is 1. The molecule has 0 spiro atoms. The zero-order valence-corrected chi connectivity index (χ0v) is 12.9. The third-order valence-electron chi connectivity index (χ3n) is 3.35. The van der Waals surface area contributed by atoms with Gasteiger partial charge in [-0.25, -0.2) is 4.98 Å². The van der Waals surface area contributed by atoms with Crippen LogP contribution >= 0.6 is 0 Å². The van der Waals surface area contributed by atoms with Gasteiger partial charge >= 0.3 is 0 Å². The summed E-state index contributed by atoms with van der Waals surface area (Å²) >= 11 is 0. The predicted octanol–water partition coefficient (Wildman–Crippen LogP) is 4.87. The van der Waals surface area contributed by atoms with Crippen molar-refractivity contribution >= 4 is 5.82 Å². The highest BCUT2D eigenvalue weighted by Crippen LogP contribution is 2.25. The van der Waals surface area contributed by atoms with Gasteiger partial charge in [0.25, 0.3) is 0 Å². The SMILES string of the molecule is CCCNc1cccc(-c2ccc(C(C)(C)C)cc2)n1. The molecule has 20 heavy (non-hydrogen) atoms. The molecule has 0 atom stereocenters. The van der Waals surface area contributed by atoms with E-state index in [0.717, 1.165) is 30.0 Å². The van der Waals surface area contributed by atoms with Crippen molar-refractivity contribution in [2.75, 3.05) is 11.9 Å². The molecule has 0 unspecified atom stereocenters. The molecule has 1 N–H and O–H groups in total. The molecule has 0 aliphatic rings. The second kappa shape index (κ2) is 6.08. The topological polar surface area (TPSA) is 24.9 Å². The first-order valence-electron chi connectivity index (χ1n) is 7.32. The molecule has 0 aliphatic carbocycles. The fraction of sp³-hybridized carbons (Fsp3) is 0.389. The molecule has 2 nitrogen and oxygen atoms in total. The lowest BCUT2D eigenvalue weighted by atomic mass is 9.86. The van der Waals surface area contributed by atoms with Crippen molar-refractivity contribution in [1.82, 2.24) is 4.98 Å². The van der Waals surface area contributed by atoms with Gasteiger partial charge in [-0.15, -0.1) is 0 Å². The van der Waals surface area contributed by atoms with Gasteiger partial charge in [-0.2, -0.15) is 0 Å². The highest BCUT2D eigenvalue weighted by molar-refractivity contribution is 5.61. The van der Waals surface area contributed by atoms with Gasteiger partial charge in [-0.05, 0) is 29.5 Å². The predicted molar refractivity (Wildman–Crippen MR) is 87.2 cm³/mol. The molecule has 2 heteroatoms. The number of nitrogens with zero attached hydrogens (tertiary/aromatic N) is 1. The van der Waals surface area contributed by atoms with Crippen molar-refractivity contribution in [3.63, 3.8) is 0 Å². The van der Waals surface area contributed by atoms with Crippen LogP contribution in [0.4, 0.5) is 5.82 Å². The van der Waals surface area contributed by atoms with E-state index >= 15 is 0 Å². The first-order valence-corrected chi connectivity index (χ1v) is 7.32. The molecular formula is C18H24N2. The van der Waals surface area contributed by atoms with Crippen LogP contribution in [-0.2, 0) is 5.41 Å². The quantitative estimate of drug-likeness (QED) is 0.855. The molecule has 2 aromatic rings. The maximum atomic E-state index is 4.66. The molecule has 0 aliphatic heterocycles. The lowest BCUT2D eigenvalue weighted by Gasteiger charge is -2.19. The highest BCUT2D eigenvalue weighted by atomic mass is 15.0. The molecule has 1 aromatic carbocycles. The average molecular weight is 268 g/mol. The van der Waals surface area contributed by atoms with Gasteiger partial charge in [0.2, 0.25) is 0 Å². The highest BCUT2D eigenvalue weighted by Gasteiger charge is 2.13. The van der Waals surface area contributed by atoms with Crippen LogP contribution in [0, 0.1) is 0 Å². The smallest absolute Gasteiger partial charge is 0.126 e. The molecule has 1 aromatic heterocycles. The van der Waals surface area contributed by atoms with Crippen LogP contribution in [0.15, 0.2) is 42.5 Å². The molecular weight excluding hydrogens is 244 g/mol. The van der Waals surface area contributed by atoms with Gasteiger partial charge < -0.3 is 5.32 Å². The monoisotopic (exact) mass is 268 g/mol. The number of pyridine rings is 1. The van der Waals surface area contributed by atoms with Crippen molar-refractivity contribution in [1.29, 1.82) is 0 Å². The molecule has 0 bridgehead atoms. The van der Waals surface area contributed by atoms with E-state index in [2.05, 4.69) is 74.4 Å². The number of rotatable bonds is 4. The number of aromatic nitrogens is 1. The van der Waals surface area contributed by atoms with E-state index in [1.807, 2.05) is 6.07 Å². The molecule has 0 amide bonds. The molecule has 0 saturated heterocycles. The van der Waals surface area contributed by atoms with Gasteiger partial charge in [0.05, 0.1) is 5.69 Å². The Kier molecular flexibility index (Phi) is 4.43. The number of nitrogens with one attached hydrogen (secondary N) is 1. The largest absolute Gasteiger partial charge is 0.370 e. The minimum absolute atomic E-state index is 0.191. The Hall–Kier alpha value is -1.83. The number of anilines is 1. The summed E-state index contributed by atoms with van der Waals surface area (Å²) in [6.07, 6.45) is 1.10. The summed E-state index contributed by atoms with van der Waals surface area (Å²) in [6.45, 7) is 9.81. The van der Waals surface area contributed by atoms with E-state index in [-0.39, 0.29) is 5.41 Å². The van der Waals surface area contributed by atoms with Gasteiger partial charge in [-0.3, -0.25) is 0 Å². The average Bonchev–Trinajstić information content (AvgIpc) is 2.45. The Morgan fingerprint density at radius 1 is 1.00 bits per heavy atom. The lowest BCUT2D eigenvalue weighted by molar-refractivity contribution is 0.590. The molecule has 1 heterocycles. The van der Waals surface area contributed by atoms with Gasteiger partial charge in [0.1, 0.15) is 5.82 Å². The maximum absolute atomic E-state index is 4.66. The zero-order valence-electron chi connectivity index (χ0n) is 12.9. The van der Waals surface area contributed by atoms with Crippen LogP contribution in [-0.4, -0.2) is 11.5 Å². The van der Waals surface area contributed by atoms with Crippen LogP contribution in [0.25, 0.3) is 11.3 Å². The minimum Gasteiger partial charge on any atom is -0.370 e. The number of benzene rings is 1. The zero-order chi connectivity index (χ0) is 14.6. The van der Waals surface area contributed by atoms with E-state index in [4.69, 9.17) is 0 Å². The standard InChI is InChI=1S/C18H24N2/c1-5-13-19-17-8-6-7-16(20-17)14-9-11-15(12-10-14)18(2,3)4/h6-12H,5,13H2,1-4H3,(H,19,20). The summed E-state index contributed by atoms with van der Waals surface area (Å²) < 4.78 is 0. The summed E-state index contributed by atoms with van der Waals surface area (Å²) in [6, 6.07) is 14.8. The van der Waals surface area contributed by atoms with Gasteiger partial charge in [-0.1, -0.05) is 58.0 Å². The van der Waals surface area contributed by atoms with Crippen molar-refractivity contribution in [3.05, 3.63) is 48.0 Å². The summed E-state index contributed by atoms with van der Waals surface area (Å²) in [5.74, 6) is 0.948. The van der Waals surface area contributed by atoms with Crippen molar-refractivity contribution in [2.45, 2.75) is 39.5 Å². The number of hydrogen-bond acceptors (Lipinski definition) is 2. The van der Waals surface area contributed by atoms with Crippen LogP contribution in [0.1, 0.15) is 39.7 Å². The maximum Gasteiger partial charge on any atom is 0.126 e. The van der Waals surface area contributed by atoms with Crippen molar-refractivity contribution < 1.29 is 0 Å². The van der Waals surface area contributed by atoms with Gasteiger partial charge in [0, 0.05) is 12.1 Å². The Morgan fingerprint density at radius 3 is 2.30 bits per heavy atom. The van der Waals surface area contributed by atoms with Gasteiger partial charge in [0.15, 0.2) is 0 Å². The van der Waals surface area contributed by atoms with Crippen LogP contribution in [0.5, 0.6) is 0 Å². The van der Waals surface area contributed by atoms with E-state index in [1.54, 1.807) is 0 Å². The summed E-state index contributed by atoms with van der Waals surface area (Å²) in [7, 11) is 0. The third-order valence-corrected chi connectivity index (χ3v) is 3.35. The normalized spacial score (nSPS) is 11.4. The second-order valence-corrected chi connectivity index (χ2v) is 6.16. The fourth-order valence-electron chi connectivity index (χ4n) is 2.09. The van der Waals surface area contributed by atoms with E-state index in [1.165, 1.54) is 5.56 Å². The molecule has 0 radical (unpaired) electrons. The Labute approximate surface area is 122 Å². The second-order valence-electron chi connectivity index (χ2n) is 6.16. The van der Waals surface area contributed by atoms with E-state index in [0.29, 0.717) is 0 Å². The fourth-order valence-corrected chi connectivity index (χ4v) is 2.09. The van der Waals surface area contributed by atoms with E-state index < -0.39 is 0 Å². The Balaban J connectivity index is 2.23. The molecule has 2 rings (SSSR count). The Bertz CT molecular complexity index is 550. The molecule has 0 saturated carbocycles. The molecule has 106 valence electrons. The van der Waals surface area contributed by atoms with E-state index in [9.17, 15) is 0 Å². The summed E-state index contributed by atoms with van der Waals surface area (Å²) in [5.41, 5.74) is 3.72. The Morgan fingerprint density at radius 2 is 1.70 bits per heavy atom.